The van der Waals surface area contributed by atoms with Gasteiger partial charge >= 0.3 is 0 Å². The lowest BCUT2D eigenvalue weighted by Gasteiger charge is -2.08. The van der Waals surface area contributed by atoms with Crippen molar-refractivity contribution in [2.75, 3.05) is 5.32 Å². The number of rotatable bonds is 7. The summed E-state index contributed by atoms with van der Waals surface area (Å²) in [6.07, 6.45) is 5.00. The maximum Gasteiger partial charge on any atom is 0.276 e. The molecule has 0 fully saturated rings. The highest BCUT2D eigenvalue weighted by Gasteiger charge is 2.12. The first-order valence-corrected chi connectivity index (χ1v) is 10.7. The van der Waals surface area contributed by atoms with Gasteiger partial charge in [-0.15, -0.1) is 0 Å². The minimum atomic E-state index is -0.345. The summed E-state index contributed by atoms with van der Waals surface area (Å²) < 4.78 is 9.88. The molecule has 2 heterocycles. The van der Waals surface area contributed by atoms with E-state index in [0.717, 1.165) is 10.0 Å². The molecule has 0 aliphatic heterocycles. The van der Waals surface area contributed by atoms with Gasteiger partial charge in [0.2, 0.25) is 0 Å². The van der Waals surface area contributed by atoms with Crippen LogP contribution in [0.15, 0.2) is 71.6 Å². The Labute approximate surface area is 196 Å². The van der Waals surface area contributed by atoms with Crippen LogP contribution in [0.1, 0.15) is 16.1 Å². The van der Waals surface area contributed by atoms with Crippen molar-refractivity contribution in [3.05, 3.63) is 92.9 Å². The molecule has 1 amide bonds. The predicted octanol–water partition coefficient (Wildman–Crippen LogP) is 5.49. The topological polar surface area (TPSA) is 74.0 Å². The second-order valence-corrected chi connectivity index (χ2v) is 8.27. The second-order valence-electron chi connectivity index (χ2n) is 6.57. The van der Waals surface area contributed by atoms with Gasteiger partial charge in [-0.2, -0.15) is 10.2 Å². The molecule has 1 N–H and O–H groups in total. The van der Waals surface area contributed by atoms with Gasteiger partial charge in [-0.25, -0.2) is 4.68 Å². The summed E-state index contributed by atoms with van der Waals surface area (Å²) in [4.78, 5) is 12.5. The first kappa shape index (κ1) is 21.4. The van der Waals surface area contributed by atoms with Crippen LogP contribution in [0.4, 0.5) is 5.69 Å². The number of carbonyl (C=O) groups excluding carboxylic acids is 1. The van der Waals surface area contributed by atoms with Crippen LogP contribution in [0.5, 0.6) is 5.75 Å². The van der Waals surface area contributed by atoms with Crippen molar-refractivity contribution in [3.8, 4) is 5.75 Å². The molecule has 0 saturated carbocycles. The summed E-state index contributed by atoms with van der Waals surface area (Å²) in [5.41, 5.74) is 1.93. The van der Waals surface area contributed by atoms with Crippen LogP contribution in [-0.2, 0) is 13.3 Å². The third kappa shape index (κ3) is 5.46. The highest BCUT2D eigenvalue weighted by Crippen LogP contribution is 2.31. The monoisotopic (exact) mass is 519 g/mol. The Morgan fingerprint density at radius 3 is 2.71 bits per heavy atom. The smallest absolute Gasteiger partial charge is 0.276 e. The molecule has 2 aromatic carbocycles. The van der Waals surface area contributed by atoms with Gasteiger partial charge in [-0.3, -0.25) is 9.48 Å². The molecule has 7 nitrogen and oxygen atoms in total. The lowest BCUT2D eigenvalue weighted by molar-refractivity contribution is 0.102. The Morgan fingerprint density at radius 2 is 1.90 bits per heavy atom. The molecular weight excluding hydrogens is 505 g/mol. The lowest BCUT2D eigenvalue weighted by Crippen LogP contribution is -2.14. The second kappa shape index (κ2) is 9.55. The fraction of sp³-hybridized carbons (Fsp3) is 0.0952. The largest absolute Gasteiger partial charge is 0.470 e. The maximum absolute atomic E-state index is 12.5. The first-order chi connectivity index (χ1) is 15.0. The van der Waals surface area contributed by atoms with E-state index in [-0.39, 0.29) is 18.3 Å². The summed E-state index contributed by atoms with van der Waals surface area (Å²) in [7, 11) is 0. The Hall–Kier alpha value is -2.81. The van der Waals surface area contributed by atoms with Gasteiger partial charge in [-0.1, -0.05) is 57.3 Å². The fourth-order valence-electron chi connectivity index (χ4n) is 2.77. The highest BCUT2D eigenvalue weighted by atomic mass is 79.9. The van der Waals surface area contributed by atoms with E-state index >= 15 is 0 Å². The van der Waals surface area contributed by atoms with Crippen LogP contribution in [0.25, 0.3) is 0 Å². The van der Waals surface area contributed by atoms with Crippen molar-refractivity contribution >= 4 is 50.7 Å². The number of hydrogen-bond donors (Lipinski definition) is 1. The normalized spacial score (nSPS) is 10.8. The number of halogens is 3. The zero-order valence-electron chi connectivity index (χ0n) is 16.0. The van der Waals surface area contributed by atoms with Crippen molar-refractivity contribution in [3.63, 3.8) is 0 Å². The number of hydrogen-bond acceptors (Lipinski definition) is 4. The Balaban J connectivity index is 1.34. The molecule has 0 saturated heterocycles. The third-order valence-corrected chi connectivity index (χ3v) is 5.62. The van der Waals surface area contributed by atoms with Gasteiger partial charge in [0.05, 0.1) is 23.5 Å². The molecule has 0 radical (unpaired) electrons. The third-order valence-electron chi connectivity index (χ3n) is 4.29. The molecule has 0 spiro atoms. The Morgan fingerprint density at radius 1 is 1.10 bits per heavy atom. The molecule has 0 aliphatic rings. The maximum atomic E-state index is 12.5. The van der Waals surface area contributed by atoms with Gasteiger partial charge in [0, 0.05) is 16.9 Å². The average molecular weight is 521 g/mol. The van der Waals surface area contributed by atoms with Crippen LogP contribution in [0, 0.1) is 0 Å². The molecule has 4 rings (SSSR count). The van der Waals surface area contributed by atoms with Crippen LogP contribution in [-0.4, -0.2) is 25.5 Å². The highest BCUT2D eigenvalue weighted by molar-refractivity contribution is 9.10. The Kier molecular flexibility index (Phi) is 6.60. The van der Waals surface area contributed by atoms with Crippen LogP contribution in [0.3, 0.4) is 0 Å². The predicted molar refractivity (Wildman–Crippen MR) is 123 cm³/mol. The molecule has 0 unspecified atom stereocenters. The summed E-state index contributed by atoms with van der Waals surface area (Å²) in [6, 6.07) is 14.7. The molecule has 0 aliphatic carbocycles. The van der Waals surface area contributed by atoms with Crippen molar-refractivity contribution in [2.24, 2.45) is 0 Å². The molecule has 0 atom stereocenters. The molecule has 158 valence electrons. The number of nitrogens with one attached hydrogen (secondary N) is 1. The van der Waals surface area contributed by atoms with Crippen molar-refractivity contribution in [1.82, 2.24) is 19.6 Å². The van der Waals surface area contributed by atoms with Gasteiger partial charge in [0.15, 0.2) is 12.4 Å². The zero-order valence-corrected chi connectivity index (χ0v) is 19.1. The van der Waals surface area contributed by atoms with E-state index in [1.807, 2.05) is 24.3 Å². The van der Waals surface area contributed by atoms with E-state index in [2.05, 4.69) is 31.4 Å². The van der Waals surface area contributed by atoms with E-state index in [9.17, 15) is 4.79 Å². The van der Waals surface area contributed by atoms with Gasteiger partial charge in [-0.05, 0) is 35.9 Å². The lowest BCUT2D eigenvalue weighted by atomic mass is 10.2. The van der Waals surface area contributed by atoms with E-state index in [0.29, 0.717) is 28.0 Å². The first-order valence-electron chi connectivity index (χ1n) is 9.16. The van der Waals surface area contributed by atoms with E-state index in [4.69, 9.17) is 27.9 Å². The number of aromatic nitrogens is 4. The summed E-state index contributed by atoms with van der Waals surface area (Å²) >= 11 is 15.5. The van der Waals surface area contributed by atoms with Gasteiger partial charge in [0.25, 0.3) is 5.91 Å². The molecule has 4 aromatic rings. The molecule has 10 heteroatoms. The number of benzene rings is 2. The summed E-state index contributed by atoms with van der Waals surface area (Å²) in [5, 5.41) is 12.0. The average Bonchev–Trinajstić information content (AvgIpc) is 3.40. The standard InChI is InChI=1S/C21H16BrCl2N5O2/c22-15-6-4-14(5-7-15)11-29-12-16(10-25-29)26-21(30)18-8-9-28(27-18)13-31-19-3-1-2-17(23)20(19)24/h1-10,12H,11,13H2,(H,26,30). The van der Waals surface area contributed by atoms with E-state index < -0.39 is 0 Å². The van der Waals surface area contributed by atoms with Crippen molar-refractivity contribution in [2.45, 2.75) is 13.3 Å². The number of carbonyl (C=O) groups is 1. The van der Waals surface area contributed by atoms with Gasteiger partial charge in [0.1, 0.15) is 10.8 Å². The number of amides is 1. The number of nitrogens with zero attached hydrogens (tertiary/aromatic N) is 4. The van der Waals surface area contributed by atoms with E-state index in [1.54, 1.807) is 47.5 Å². The van der Waals surface area contributed by atoms with Crippen LogP contribution < -0.4 is 10.1 Å². The number of ether oxygens (including phenoxy) is 1. The van der Waals surface area contributed by atoms with E-state index in [1.165, 1.54) is 4.68 Å². The Bertz CT molecular complexity index is 1210. The molecule has 31 heavy (non-hydrogen) atoms. The number of anilines is 1. The fourth-order valence-corrected chi connectivity index (χ4v) is 3.38. The SMILES string of the molecule is O=C(Nc1cnn(Cc2ccc(Br)cc2)c1)c1ccn(COc2cccc(Cl)c2Cl)n1. The zero-order chi connectivity index (χ0) is 21.8. The summed E-state index contributed by atoms with van der Waals surface area (Å²) in [5.74, 6) is 0.0941. The minimum absolute atomic E-state index is 0.0818. The van der Waals surface area contributed by atoms with Crippen molar-refractivity contribution in [1.29, 1.82) is 0 Å². The minimum Gasteiger partial charge on any atom is -0.470 e. The van der Waals surface area contributed by atoms with Crippen LogP contribution >= 0.6 is 39.1 Å². The van der Waals surface area contributed by atoms with Crippen molar-refractivity contribution < 1.29 is 9.53 Å². The molecule has 0 bridgehead atoms. The van der Waals surface area contributed by atoms with Crippen LogP contribution in [0.2, 0.25) is 10.0 Å². The molecular formula is C21H16BrCl2N5O2. The molecule has 2 aromatic heterocycles. The quantitative estimate of drug-likeness (QED) is 0.350. The van der Waals surface area contributed by atoms with Gasteiger partial charge < -0.3 is 10.1 Å². The summed E-state index contributed by atoms with van der Waals surface area (Å²) in [6.45, 7) is 0.680.